The molecule has 2 aromatic carbocycles. The van der Waals surface area contributed by atoms with Crippen molar-refractivity contribution in [3.8, 4) is 0 Å². The summed E-state index contributed by atoms with van der Waals surface area (Å²) < 4.78 is 54.0. The van der Waals surface area contributed by atoms with Crippen LogP contribution in [0.1, 0.15) is 26.3 Å². The van der Waals surface area contributed by atoms with E-state index < -0.39 is 46.2 Å². The minimum atomic E-state index is -2.12. The summed E-state index contributed by atoms with van der Waals surface area (Å²) in [6, 6.07) is 6.02. The quantitative estimate of drug-likeness (QED) is 0.351. The molecule has 0 saturated carbocycles. The summed E-state index contributed by atoms with van der Waals surface area (Å²) in [7, 11) is 0. The van der Waals surface area contributed by atoms with Gasteiger partial charge in [-0.25, -0.2) is 22.5 Å². The third kappa shape index (κ3) is 1.75. The van der Waals surface area contributed by atoms with E-state index in [9.17, 15) is 27.2 Å². The molecule has 0 aromatic heterocycles. The van der Waals surface area contributed by atoms with Crippen molar-refractivity contribution in [2.24, 2.45) is 0 Å². The SMILES string of the molecule is Cc1cccc(N2C(=O)c3c(F)c(F)c(F)c(F)c3C2=O)c1. The number of hydrogen-bond donors (Lipinski definition) is 0. The fourth-order valence-corrected chi connectivity index (χ4v) is 2.35. The van der Waals surface area contributed by atoms with Crippen LogP contribution in [0.2, 0.25) is 0 Å². The molecule has 0 unspecified atom stereocenters. The van der Waals surface area contributed by atoms with Crippen molar-refractivity contribution in [2.45, 2.75) is 6.92 Å². The number of aryl methyl sites for hydroxylation is 1. The second-order valence-corrected chi connectivity index (χ2v) is 4.79. The Kier molecular flexibility index (Phi) is 3.01. The number of fused-ring (bicyclic) bond motifs is 1. The molecule has 0 radical (unpaired) electrons. The van der Waals surface area contributed by atoms with Crippen molar-refractivity contribution in [1.82, 2.24) is 0 Å². The van der Waals surface area contributed by atoms with Gasteiger partial charge in [0.1, 0.15) is 0 Å². The van der Waals surface area contributed by atoms with E-state index in [4.69, 9.17) is 0 Å². The Labute approximate surface area is 121 Å². The van der Waals surface area contributed by atoms with Crippen LogP contribution in [0.25, 0.3) is 0 Å². The minimum Gasteiger partial charge on any atom is -0.268 e. The lowest BCUT2D eigenvalue weighted by molar-refractivity contribution is 0.0924. The van der Waals surface area contributed by atoms with E-state index in [0.29, 0.717) is 10.5 Å². The van der Waals surface area contributed by atoms with Crippen LogP contribution < -0.4 is 4.90 Å². The number of carbonyl (C=O) groups excluding carboxylic acids is 2. The summed E-state index contributed by atoms with van der Waals surface area (Å²) in [5.41, 5.74) is -1.44. The number of benzene rings is 2. The van der Waals surface area contributed by atoms with E-state index in [2.05, 4.69) is 0 Å². The summed E-state index contributed by atoms with van der Waals surface area (Å²) in [4.78, 5) is 24.8. The van der Waals surface area contributed by atoms with Crippen molar-refractivity contribution in [1.29, 1.82) is 0 Å². The number of nitrogens with zero attached hydrogens (tertiary/aromatic N) is 1. The zero-order valence-corrected chi connectivity index (χ0v) is 11.1. The number of halogens is 4. The molecule has 2 aromatic rings. The standard InChI is InChI=1S/C15H7F4NO2/c1-6-3-2-4-7(5-6)20-14(21)8-9(15(20)22)11(17)13(19)12(18)10(8)16/h2-5H,1H3. The van der Waals surface area contributed by atoms with Crippen molar-refractivity contribution in [2.75, 3.05) is 4.90 Å². The molecule has 22 heavy (non-hydrogen) atoms. The average Bonchev–Trinajstić information content (AvgIpc) is 2.74. The molecule has 0 saturated heterocycles. The predicted molar refractivity (Wildman–Crippen MR) is 68.6 cm³/mol. The fraction of sp³-hybridized carbons (Fsp3) is 0.0667. The lowest BCUT2D eigenvalue weighted by Crippen LogP contribution is -2.29. The van der Waals surface area contributed by atoms with Crippen LogP contribution in [0, 0.1) is 30.2 Å². The molecule has 0 atom stereocenters. The maximum Gasteiger partial charge on any atom is 0.269 e. The number of hydrogen-bond acceptors (Lipinski definition) is 2. The first-order chi connectivity index (χ1) is 10.3. The van der Waals surface area contributed by atoms with Gasteiger partial charge in [-0.05, 0) is 24.6 Å². The Morgan fingerprint density at radius 1 is 0.818 bits per heavy atom. The molecular formula is C15H7F4NO2. The molecule has 0 spiro atoms. The van der Waals surface area contributed by atoms with E-state index >= 15 is 0 Å². The van der Waals surface area contributed by atoms with Crippen molar-refractivity contribution >= 4 is 17.5 Å². The van der Waals surface area contributed by atoms with Crippen LogP contribution in [0.4, 0.5) is 23.2 Å². The Balaban J connectivity index is 2.26. The maximum absolute atomic E-state index is 13.8. The van der Waals surface area contributed by atoms with E-state index in [0.717, 1.165) is 0 Å². The molecule has 0 aliphatic carbocycles. The molecule has 7 heteroatoms. The van der Waals surface area contributed by atoms with E-state index in [1.807, 2.05) is 0 Å². The van der Waals surface area contributed by atoms with Gasteiger partial charge in [0.25, 0.3) is 11.8 Å². The van der Waals surface area contributed by atoms with Crippen molar-refractivity contribution < 1.29 is 27.2 Å². The second-order valence-electron chi connectivity index (χ2n) is 4.79. The third-order valence-corrected chi connectivity index (χ3v) is 3.36. The van der Waals surface area contributed by atoms with Crippen molar-refractivity contribution in [3.63, 3.8) is 0 Å². The normalized spacial score (nSPS) is 13.8. The van der Waals surface area contributed by atoms with Crippen molar-refractivity contribution in [3.05, 3.63) is 64.2 Å². The highest BCUT2D eigenvalue weighted by Gasteiger charge is 2.44. The number of imide groups is 1. The van der Waals surface area contributed by atoms with Gasteiger partial charge >= 0.3 is 0 Å². The highest BCUT2D eigenvalue weighted by Crippen LogP contribution is 2.34. The monoisotopic (exact) mass is 309 g/mol. The van der Waals surface area contributed by atoms with Crippen LogP contribution >= 0.6 is 0 Å². The zero-order chi connectivity index (χ0) is 16.2. The molecule has 1 aliphatic rings. The minimum absolute atomic E-state index is 0.0609. The van der Waals surface area contributed by atoms with Gasteiger partial charge in [-0.1, -0.05) is 12.1 Å². The summed E-state index contributed by atoms with van der Waals surface area (Å²) >= 11 is 0. The summed E-state index contributed by atoms with van der Waals surface area (Å²) in [6.07, 6.45) is 0. The first-order valence-corrected chi connectivity index (χ1v) is 6.16. The number of anilines is 1. The van der Waals surface area contributed by atoms with Gasteiger partial charge in [0.15, 0.2) is 23.3 Å². The van der Waals surface area contributed by atoms with Gasteiger partial charge in [0.05, 0.1) is 16.8 Å². The fourth-order valence-electron chi connectivity index (χ4n) is 2.35. The molecule has 3 rings (SSSR count). The van der Waals surface area contributed by atoms with E-state index in [-0.39, 0.29) is 5.69 Å². The Morgan fingerprint density at radius 3 is 1.77 bits per heavy atom. The third-order valence-electron chi connectivity index (χ3n) is 3.36. The highest BCUT2D eigenvalue weighted by molar-refractivity contribution is 6.34. The lowest BCUT2D eigenvalue weighted by atomic mass is 10.1. The zero-order valence-electron chi connectivity index (χ0n) is 11.1. The van der Waals surface area contributed by atoms with Crippen LogP contribution in [0.3, 0.4) is 0 Å². The van der Waals surface area contributed by atoms with Crippen LogP contribution in [0.5, 0.6) is 0 Å². The summed E-state index contributed by atoms with van der Waals surface area (Å²) in [6.45, 7) is 1.68. The van der Waals surface area contributed by atoms with Crippen LogP contribution in [-0.4, -0.2) is 11.8 Å². The molecule has 0 N–H and O–H groups in total. The molecule has 3 nitrogen and oxygen atoms in total. The van der Waals surface area contributed by atoms with Gasteiger partial charge in [0, 0.05) is 0 Å². The average molecular weight is 309 g/mol. The number of carbonyl (C=O) groups is 2. The Morgan fingerprint density at radius 2 is 1.32 bits per heavy atom. The van der Waals surface area contributed by atoms with Gasteiger partial charge < -0.3 is 0 Å². The van der Waals surface area contributed by atoms with E-state index in [1.165, 1.54) is 18.2 Å². The molecule has 1 heterocycles. The number of amides is 2. The molecule has 2 amide bonds. The smallest absolute Gasteiger partial charge is 0.268 e. The van der Waals surface area contributed by atoms with Crippen LogP contribution in [0.15, 0.2) is 24.3 Å². The van der Waals surface area contributed by atoms with E-state index in [1.54, 1.807) is 13.0 Å². The van der Waals surface area contributed by atoms with Gasteiger partial charge in [-0.3, -0.25) is 9.59 Å². The maximum atomic E-state index is 13.8. The molecular weight excluding hydrogens is 302 g/mol. The molecule has 1 aliphatic heterocycles. The Bertz CT molecular complexity index is 801. The van der Waals surface area contributed by atoms with Gasteiger partial charge in [-0.15, -0.1) is 0 Å². The molecule has 112 valence electrons. The predicted octanol–water partition coefficient (Wildman–Crippen LogP) is 3.35. The molecule has 0 fully saturated rings. The largest absolute Gasteiger partial charge is 0.269 e. The van der Waals surface area contributed by atoms with Gasteiger partial charge in [-0.2, -0.15) is 0 Å². The highest BCUT2D eigenvalue weighted by atomic mass is 19.2. The topological polar surface area (TPSA) is 37.4 Å². The second kappa shape index (κ2) is 4.66. The summed E-state index contributed by atoms with van der Waals surface area (Å²) in [5, 5.41) is 0. The van der Waals surface area contributed by atoms with Gasteiger partial charge in [0.2, 0.25) is 0 Å². The lowest BCUT2D eigenvalue weighted by Gasteiger charge is -2.14. The number of rotatable bonds is 1. The molecule has 0 bridgehead atoms. The summed E-state index contributed by atoms with van der Waals surface area (Å²) in [5.74, 6) is -10.5. The first-order valence-electron chi connectivity index (χ1n) is 6.16. The first kappa shape index (κ1) is 14.2. The Hall–Kier alpha value is -2.70. The van der Waals surface area contributed by atoms with Crippen LogP contribution in [-0.2, 0) is 0 Å².